The van der Waals surface area contributed by atoms with Crippen LogP contribution >= 0.6 is 0 Å². The predicted molar refractivity (Wildman–Crippen MR) is 176 cm³/mol. The van der Waals surface area contributed by atoms with E-state index in [1.165, 1.54) is 16.2 Å². The summed E-state index contributed by atoms with van der Waals surface area (Å²) >= 11 is 0. The third kappa shape index (κ3) is 3.04. The Morgan fingerprint density at radius 1 is 0.558 bits per heavy atom. The van der Waals surface area contributed by atoms with Crippen molar-refractivity contribution < 1.29 is 4.74 Å². The van der Waals surface area contributed by atoms with Gasteiger partial charge in [-0.25, -0.2) is 0 Å². The van der Waals surface area contributed by atoms with Crippen LogP contribution in [0.5, 0.6) is 11.8 Å². The van der Waals surface area contributed by atoms with Gasteiger partial charge >= 0.3 is 6.85 Å². The fourth-order valence-electron chi connectivity index (χ4n) is 7.25. The predicted octanol–water partition coefficient (Wildman–Crippen LogP) is 7.68. The van der Waals surface area contributed by atoms with Gasteiger partial charge in [-0.05, 0) is 54.0 Å². The number of aromatic nitrogens is 3. The summed E-state index contributed by atoms with van der Waals surface area (Å²) in [6.07, 6.45) is 0. The third-order valence-corrected chi connectivity index (χ3v) is 8.97. The largest absolute Gasteiger partial charge is 0.427 e. The van der Waals surface area contributed by atoms with Crippen molar-refractivity contribution in [1.82, 2.24) is 14.0 Å². The van der Waals surface area contributed by atoms with E-state index in [-0.39, 0.29) is 6.85 Å². The summed E-state index contributed by atoms with van der Waals surface area (Å²) in [4.78, 5) is 7.35. The lowest BCUT2D eigenvalue weighted by Crippen LogP contribution is -2.56. The number of nitrogens with zero attached hydrogens (tertiary/aromatic N) is 4. The van der Waals surface area contributed by atoms with Crippen molar-refractivity contribution in [2.45, 2.75) is 0 Å². The quantitative estimate of drug-likeness (QED) is 0.207. The van der Waals surface area contributed by atoms with E-state index in [4.69, 9.17) is 9.72 Å². The fraction of sp³-hybridized carbons (Fsp3) is 0. The Labute approximate surface area is 247 Å². The molecule has 0 spiro atoms. The smallest absolute Gasteiger partial charge is 0.341 e. The lowest BCUT2D eigenvalue weighted by molar-refractivity contribution is 0.439. The van der Waals surface area contributed by atoms with Crippen LogP contribution < -0.4 is 20.6 Å². The van der Waals surface area contributed by atoms with Crippen LogP contribution in [-0.4, -0.2) is 20.9 Å². The normalized spacial score (nSPS) is 13.2. The first kappa shape index (κ1) is 22.9. The molecule has 0 fully saturated rings. The van der Waals surface area contributed by atoms with Crippen LogP contribution in [0.3, 0.4) is 0 Å². The number of anilines is 3. The summed E-state index contributed by atoms with van der Waals surface area (Å²) in [5, 5.41) is 2.46. The molecule has 5 nitrogen and oxygen atoms in total. The molecule has 0 unspecified atom stereocenters. The number of benzene rings is 6. The molecule has 43 heavy (non-hydrogen) atoms. The minimum Gasteiger partial charge on any atom is -0.427 e. The van der Waals surface area contributed by atoms with Gasteiger partial charge < -0.3 is 18.7 Å². The van der Waals surface area contributed by atoms with E-state index in [0.717, 1.165) is 56.0 Å². The standard InChI is InChI=1S/C37H23BN4O/c1-2-12-24(13-3-1)40-32-20-10-6-16-28(32)38-36-34(40)22-25(23-35(36)43-37-39-29-17-7-11-21-33(29)42(37)38)41-30-18-8-4-14-26(30)27-15-5-9-19-31(27)41/h1-23H. The van der Waals surface area contributed by atoms with Crippen molar-refractivity contribution in [1.29, 1.82) is 0 Å². The third-order valence-electron chi connectivity index (χ3n) is 8.97. The van der Waals surface area contributed by atoms with Gasteiger partial charge in [-0.1, -0.05) is 84.9 Å². The Hall–Kier alpha value is -5.75. The molecule has 200 valence electrons. The van der Waals surface area contributed by atoms with Crippen molar-refractivity contribution >= 4 is 67.7 Å². The molecular formula is C37H23BN4O. The summed E-state index contributed by atoms with van der Waals surface area (Å²) in [5.74, 6) is 0.831. The van der Waals surface area contributed by atoms with Gasteiger partial charge in [0, 0.05) is 39.4 Å². The lowest BCUT2D eigenvalue weighted by Gasteiger charge is -2.40. The SMILES string of the molecule is c1ccc(N2c3ccccc3B3c4c(cc(-n5c6ccccc6c6ccccc65)cc42)Oc2nc4ccccc4n23)cc1. The van der Waals surface area contributed by atoms with Crippen LogP contribution in [0.15, 0.2) is 140 Å². The van der Waals surface area contributed by atoms with Gasteiger partial charge in [-0.15, -0.1) is 0 Å². The van der Waals surface area contributed by atoms with E-state index in [1.807, 2.05) is 6.07 Å². The summed E-state index contributed by atoms with van der Waals surface area (Å²) in [6, 6.07) is 50.1. The number of hydrogen-bond donors (Lipinski definition) is 0. The maximum Gasteiger partial charge on any atom is 0.341 e. The molecule has 6 heteroatoms. The van der Waals surface area contributed by atoms with Crippen LogP contribution in [0.4, 0.5) is 17.1 Å². The molecule has 4 heterocycles. The first-order chi connectivity index (χ1) is 21.3. The molecule has 0 amide bonds. The van der Waals surface area contributed by atoms with Crippen molar-refractivity contribution in [3.8, 4) is 17.4 Å². The first-order valence-corrected chi connectivity index (χ1v) is 14.6. The minimum absolute atomic E-state index is 0.0792. The molecule has 2 aromatic heterocycles. The van der Waals surface area contributed by atoms with E-state index in [1.54, 1.807) is 0 Å². The van der Waals surface area contributed by atoms with Gasteiger partial charge in [0.1, 0.15) is 5.75 Å². The molecule has 10 rings (SSSR count). The van der Waals surface area contributed by atoms with Gasteiger partial charge in [0.25, 0.3) is 6.01 Å². The van der Waals surface area contributed by atoms with E-state index in [2.05, 4.69) is 147 Å². The topological polar surface area (TPSA) is 35.2 Å². The molecular weight excluding hydrogens is 527 g/mol. The van der Waals surface area contributed by atoms with E-state index in [0.29, 0.717) is 6.01 Å². The summed E-state index contributed by atoms with van der Waals surface area (Å²) in [5.41, 5.74) is 11.1. The van der Waals surface area contributed by atoms with Crippen LogP contribution in [0.25, 0.3) is 38.5 Å². The van der Waals surface area contributed by atoms with Gasteiger partial charge in [-0.3, -0.25) is 0 Å². The Morgan fingerprint density at radius 2 is 1.21 bits per heavy atom. The number of fused-ring (bicyclic) bond motifs is 9. The molecule has 2 aliphatic heterocycles. The van der Waals surface area contributed by atoms with Crippen molar-refractivity contribution in [2.24, 2.45) is 0 Å². The van der Waals surface area contributed by atoms with Crippen LogP contribution in [-0.2, 0) is 0 Å². The van der Waals surface area contributed by atoms with E-state index < -0.39 is 0 Å². The highest BCUT2D eigenvalue weighted by molar-refractivity contribution is 6.88. The molecule has 0 bridgehead atoms. The Morgan fingerprint density at radius 3 is 2.00 bits per heavy atom. The Bertz CT molecular complexity index is 2350. The zero-order valence-corrected chi connectivity index (χ0v) is 23.1. The monoisotopic (exact) mass is 550 g/mol. The van der Waals surface area contributed by atoms with Gasteiger partial charge in [0.15, 0.2) is 0 Å². The van der Waals surface area contributed by atoms with E-state index in [9.17, 15) is 0 Å². The molecule has 0 aliphatic carbocycles. The van der Waals surface area contributed by atoms with Crippen molar-refractivity contribution in [3.63, 3.8) is 0 Å². The van der Waals surface area contributed by atoms with Gasteiger partial charge in [0.2, 0.25) is 0 Å². The van der Waals surface area contributed by atoms with E-state index >= 15 is 0 Å². The fourth-order valence-corrected chi connectivity index (χ4v) is 7.25. The number of imidazole rings is 1. The molecule has 0 radical (unpaired) electrons. The van der Waals surface area contributed by atoms with Crippen LogP contribution in [0.2, 0.25) is 0 Å². The lowest BCUT2D eigenvalue weighted by atomic mass is 9.47. The Kier molecular flexibility index (Phi) is 4.47. The Balaban J connectivity index is 1.34. The first-order valence-electron chi connectivity index (χ1n) is 14.6. The highest BCUT2D eigenvalue weighted by atomic mass is 16.5. The maximum absolute atomic E-state index is 6.78. The summed E-state index contributed by atoms with van der Waals surface area (Å²) in [6.45, 7) is -0.0792. The summed E-state index contributed by atoms with van der Waals surface area (Å²) in [7, 11) is 0. The number of rotatable bonds is 2. The molecule has 2 aliphatic rings. The molecule has 0 saturated carbocycles. The maximum atomic E-state index is 6.78. The summed E-state index contributed by atoms with van der Waals surface area (Å²) < 4.78 is 11.4. The average Bonchev–Trinajstić information content (AvgIpc) is 3.60. The molecule has 0 atom stereocenters. The highest BCUT2D eigenvalue weighted by Crippen LogP contribution is 2.44. The molecule has 0 N–H and O–H groups in total. The second kappa shape index (κ2) is 8.40. The van der Waals surface area contributed by atoms with Gasteiger partial charge in [0.05, 0.1) is 27.8 Å². The van der Waals surface area contributed by atoms with Crippen LogP contribution in [0, 0.1) is 0 Å². The van der Waals surface area contributed by atoms with Crippen molar-refractivity contribution in [2.75, 3.05) is 4.90 Å². The molecule has 8 aromatic rings. The van der Waals surface area contributed by atoms with Crippen LogP contribution in [0.1, 0.15) is 0 Å². The highest BCUT2D eigenvalue weighted by Gasteiger charge is 2.44. The molecule has 0 saturated heterocycles. The minimum atomic E-state index is -0.0792. The molecule has 6 aromatic carbocycles. The van der Waals surface area contributed by atoms with Gasteiger partial charge in [-0.2, -0.15) is 4.98 Å². The second-order valence-corrected chi connectivity index (χ2v) is 11.2. The number of hydrogen-bond acceptors (Lipinski definition) is 3. The number of para-hydroxylation sites is 6. The van der Waals surface area contributed by atoms with Crippen molar-refractivity contribution in [3.05, 3.63) is 140 Å². The zero-order chi connectivity index (χ0) is 28.1. The average molecular weight is 550 g/mol. The zero-order valence-electron chi connectivity index (χ0n) is 23.1. The second-order valence-electron chi connectivity index (χ2n) is 11.2. The number of ether oxygens (including phenoxy) is 1.